The maximum absolute atomic E-state index is 11.1. The van der Waals surface area contributed by atoms with Crippen LogP contribution in [0.1, 0.15) is 26.2 Å². The first kappa shape index (κ1) is 10.0. The van der Waals surface area contributed by atoms with Crippen LogP contribution in [-0.2, 0) is 4.79 Å². The van der Waals surface area contributed by atoms with Crippen LogP contribution in [0.4, 0.5) is 0 Å². The Labute approximate surface area is 79.7 Å². The SMILES string of the molecule is CCCC(=O)NCCC1C=CC=C1. The van der Waals surface area contributed by atoms with Crippen molar-refractivity contribution in [1.82, 2.24) is 5.32 Å². The Bertz CT molecular complexity index is 206. The minimum absolute atomic E-state index is 0.174. The van der Waals surface area contributed by atoms with Crippen LogP contribution in [0.15, 0.2) is 24.3 Å². The number of hydrogen-bond donors (Lipinski definition) is 1. The zero-order chi connectivity index (χ0) is 9.52. The fourth-order valence-electron chi connectivity index (χ4n) is 1.36. The molecule has 0 aromatic heterocycles. The molecule has 0 spiro atoms. The zero-order valence-corrected chi connectivity index (χ0v) is 8.12. The molecule has 1 amide bonds. The molecular weight excluding hydrogens is 162 g/mol. The first-order valence-corrected chi connectivity index (χ1v) is 4.94. The van der Waals surface area contributed by atoms with E-state index in [0.717, 1.165) is 19.4 Å². The van der Waals surface area contributed by atoms with Gasteiger partial charge in [0.05, 0.1) is 0 Å². The third-order valence-electron chi connectivity index (χ3n) is 2.10. The smallest absolute Gasteiger partial charge is 0.219 e. The van der Waals surface area contributed by atoms with Gasteiger partial charge < -0.3 is 5.32 Å². The molecule has 0 fully saturated rings. The van der Waals surface area contributed by atoms with Gasteiger partial charge in [-0.3, -0.25) is 4.79 Å². The van der Waals surface area contributed by atoms with Gasteiger partial charge in [-0.1, -0.05) is 31.2 Å². The van der Waals surface area contributed by atoms with Crippen molar-refractivity contribution in [3.8, 4) is 0 Å². The highest BCUT2D eigenvalue weighted by molar-refractivity contribution is 5.75. The van der Waals surface area contributed by atoms with Gasteiger partial charge in [0, 0.05) is 13.0 Å². The van der Waals surface area contributed by atoms with E-state index < -0.39 is 0 Å². The summed E-state index contributed by atoms with van der Waals surface area (Å²) in [5.74, 6) is 0.704. The van der Waals surface area contributed by atoms with Gasteiger partial charge in [-0.05, 0) is 18.8 Å². The fraction of sp³-hybridized carbons (Fsp3) is 0.545. The summed E-state index contributed by atoms with van der Waals surface area (Å²) in [6, 6.07) is 0. The van der Waals surface area contributed by atoms with Crippen LogP contribution in [0.2, 0.25) is 0 Å². The average Bonchev–Trinajstić information content (AvgIpc) is 2.57. The molecule has 2 nitrogen and oxygen atoms in total. The summed E-state index contributed by atoms with van der Waals surface area (Å²) in [6.45, 7) is 2.81. The molecule has 1 aliphatic rings. The summed E-state index contributed by atoms with van der Waals surface area (Å²) < 4.78 is 0. The van der Waals surface area contributed by atoms with Crippen LogP contribution in [-0.4, -0.2) is 12.5 Å². The maximum Gasteiger partial charge on any atom is 0.219 e. The van der Waals surface area contributed by atoms with Gasteiger partial charge in [-0.15, -0.1) is 0 Å². The van der Waals surface area contributed by atoms with E-state index in [2.05, 4.69) is 29.6 Å². The van der Waals surface area contributed by atoms with Crippen LogP contribution in [0, 0.1) is 5.92 Å². The molecule has 1 aliphatic carbocycles. The van der Waals surface area contributed by atoms with Crippen molar-refractivity contribution < 1.29 is 4.79 Å². The second kappa shape index (κ2) is 5.57. The molecule has 1 N–H and O–H groups in total. The van der Waals surface area contributed by atoms with Crippen molar-refractivity contribution in [3.05, 3.63) is 24.3 Å². The minimum Gasteiger partial charge on any atom is -0.356 e. The summed E-state index contributed by atoms with van der Waals surface area (Å²) in [7, 11) is 0. The highest BCUT2D eigenvalue weighted by Gasteiger charge is 2.04. The Hall–Kier alpha value is -1.05. The molecule has 13 heavy (non-hydrogen) atoms. The van der Waals surface area contributed by atoms with E-state index in [1.54, 1.807) is 0 Å². The van der Waals surface area contributed by atoms with E-state index >= 15 is 0 Å². The van der Waals surface area contributed by atoms with Crippen LogP contribution < -0.4 is 5.32 Å². The topological polar surface area (TPSA) is 29.1 Å². The lowest BCUT2D eigenvalue weighted by atomic mass is 10.1. The summed E-state index contributed by atoms with van der Waals surface area (Å²) in [4.78, 5) is 11.1. The quantitative estimate of drug-likeness (QED) is 0.687. The number of rotatable bonds is 5. The predicted molar refractivity (Wildman–Crippen MR) is 54.3 cm³/mol. The van der Waals surface area contributed by atoms with Crippen molar-refractivity contribution >= 4 is 5.91 Å². The minimum atomic E-state index is 0.174. The molecule has 0 aliphatic heterocycles. The third-order valence-corrected chi connectivity index (χ3v) is 2.10. The van der Waals surface area contributed by atoms with E-state index in [4.69, 9.17) is 0 Å². The van der Waals surface area contributed by atoms with Crippen LogP contribution in [0.3, 0.4) is 0 Å². The molecule has 0 unspecified atom stereocenters. The molecule has 0 heterocycles. The molecular formula is C11H17NO. The second-order valence-electron chi connectivity index (χ2n) is 3.32. The second-order valence-corrected chi connectivity index (χ2v) is 3.32. The highest BCUT2D eigenvalue weighted by atomic mass is 16.1. The molecule has 2 heteroatoms. The van der Waals surface area contributed by atoms with Crippen LogP contribution >= 0.6 is 0 Å². The number of amides is 1. The van der Waals surface area contributed by atoms with Crippen molar-refractivity contribution in [2.45, 2.75) is 26.2 Å². The van der Waals surface area contributed by atoms with Gasteiger partial charge in [0.1, 0.15) is 0 Å². The zero-order valence-electron chi connectivity index (χ0n) is 8.12. The molecule has 0 aromatic carbocycles. The van der Waals surface area contributed by atoms with Gasteiger partial charge >= 0.3 is 0 Å². The predicted octanol–water partition coefficient (Wildman–Crippen LogP) is 2.04. The van der Waals surface area contributed by atoms with Gasteiger partial charge in [0.25, 0.3) is 0 Å². The lowest BCUT2D eigenvalue weighted by Gasteiger charge is -2.06. The van der Waals surface area contributed by atoms with Crippen LogP contribution in [0.5, 0.6) is 0 Å². The Kier molecular flexibility index (Phi) is 4.30. The molecule has 72 valence electrons. The summed E-state index contributed by atoms with van der Waals surface area (Å²) in [5, 5.41) is 2.90. The third kappa shape index (κ3) is 3.92. The fourth-order valence-corrected chi connectivity index (χ4v) is 1.36. The molecule has 1 rings (SSSR count). The molecule has 0 bridgehead atoms. The van der Waals surface area contributed by atoms with Gasteiger partial charge in [0.2, 0.25) is 5.91 Å². The largest absolute Gasteiger partial charge is 0.356 e. The molecule has 0 radical (unpaired) electrons. The van der Waals surface area contributed by atoms with E-state index in [0.29, 0.717) is 12.3 Å². The molecule has 0 saturated heterocycles. The maximum atomic E-state index is 11.1. The molecule has 0 atom stereocenters. The van der Waals surface area contributed by atoms with E-state index in [1.807, 2.05) is 6.92 Å². The van der Waals surface area contributed by atoms with Crippen molar-refractivity contribution in [2.75, 3.05) is 6.54 Å². The lowest BCUT2D eigenvalue weighted by molar-refractivity contribution is -0.121. The Morgan fingerprint density at radius 1 is 1.38 bits per heavy atom. The molecule has 0 aromatic rings. The van der Waals surface area contributed by atoms with Gasteiger partial charge in [-0.2, -0.15) is 0 Å². The number of allylic oxidation sites excluding steroid dienone is 4. The van der Waals surface area contributed by atoms with E-state index in [9.17, 15) is 4.79 Å². The Morgan fingerprint density at radius 3 is 2.69 bits per heavy atom. The van der Waals surface area contributed by atoms with Crippen molar-refractivity contribution in [2.24, 2.45) is 5.92 Å². The van der Waals surface area contributed by atoms with Gasteiger partial charge in [0.15, 0.2) is 0 Å². The normalized spacial score (nSPS) is 15.2. The average molecular weight is 179 g/mol. The van der Waals surface area contributed by atoms with E-state index in [1.165, 1.54) is 0 Å². The summed E-state index contributed by atoms with van der Waals surface area (Å²) >= 11 is 0. The summed E-state index contributed by atoms with van der Waals surface area (Å²) in [6.07, 6.45) is 11.0. The number of carbonyl (C=O) groups excluding carboxylic acids is 1. The standard InChI is InChI=1S/C11H17NO/c1-2-5-11(13)12-9-8-10-6-3-4-7-10/h3-4,6-7,10H,2,5,8-9H2,1H3,(H,12,13). The van der Waals surface area contributed by atoms with Crippen LogP contribution in [0.25, 0.3) is 0 Å². The monoisotopic (exact) mass is 179 g/mol. The Morgan fingerprint density at radius 2 is 2.08 bits per heavy atom. The number of carbonyl (C=O) groups is 1. The van der Waals surface area contributed by atoms with Crippen molar-refractivity contribution in [3.63, 3.8) is 0 Å². The highest BCUT2D eigenvalue weighted by Crippen LogP contribution is 2.11. The van der Waals surface area contributed by atoms with Gasteiger partial charge in [-0.25, -0.2) is 0 Å². The van der Waals surface area contributed by atoms with Crippen molar-refractivity contribution in [1.29, 1.82) is 0 Å². The first-order valence-electron chi connectivity index (χ1n) is 4.94. The summed E-state index contributed by atoms with van der Waals surface area (Å²) in [5.41, 5.74) is 0. The lowest BCUT2D eigenvalue weighted by Crippen LogP contribution is -2.24. The molecule has 0 saturated carbocycles. The van der Waals surface area contributed by atoms with E-state index in [-0.39, 0.29) is 5.91 Å². The first-order chi connectivity index (χ1) is 6.33. The number of nitrogens with one attached hydrogen (secondary N) is 1. The number of hydrogen-bond acceptors (Lipinski definition) is 1. The Balaban J connectivity index is 2.03.